The molecule has 1 atom stereocenters. The summed E-state index contributed by atoms with van der Waals surface area (Å²) in [6.45, 7) is 6.41. The minimum Gasteiger partial charge on any atom is -0.491 e. The Hall–Kier alpha value is -1.55. The van der Waals surface area contributed by atoms with E-state index < -0.39 is 6.04 Å². The Morgan fingerprint density at radius 3 is 2.59 bits per heavy atom. The third-order valence-electron chi connectivity index (χ3n) is 2.13. The molecule has 0 heterocycles. The van der Waals surface area contributed by atoms with Gasteiger partial charge in [0.2, 0.25) is 5.91 Å². The van der Waals surface area contributed by atoms with Crippen LogP contribution < -0.4 is 15.8 Å². The lowest BCUT2D eigenvalue weighted by Gasteiger charge is -2.14. The second-order valence-electron chi connectivity index (χ2n) is 4.48. The van der Waals surface area contributed by atoms with Crippen LogP contribution in [0, 0.1) is 5.92 Å². The lowest BCUT2D eigenvalue weighted by Crippen LogP contribution is -2.32. The van der Waals surface area contributed by atoms with Crippen LogP contribution in [0.15, 0.2) is 24.3 Å². The number of rotatable bonds is 5. The number of hydrogen-bond acceptors (Lipinski definition) is 3. The highest BCUT2D eigenvalue weighted by molar-refractivity contribution is 5.95. The summed E-state index contributed by atoms with van der Waals surface area (Å²) < 4.78 is 5.62. The van der Waals surface area contributed by atoms with E-state index in [9.17, 15) is 4.79 Å². The van der Waals surface area contributed by atoms with Crippen LogP contribution in [0.5, 0.6) is 5.75 Å². The number of hydrogen-bond donors (Lipinski definition) is 2. The summed E-state index contributed by atoms with van der Waals surface area (Å²) in [6, 6.07) is 6.82. The Morgan fingerprint density at radius 2 is 2.00 bits per heavy atom. The summed E-state index contributed by atoms with van der Waals surface area (Å²) in [6.07, 6.45) is 0. The Bertz CT molecular complexity index is 375. The number of anilines is 1. The molecule has 17 heavy (non-hydrogen) atoms. The summed E-state index contributed by atoms with van der Waals surface area (Å²) >= 11 is 0. The van der Waals surface area contributed by atoms with Crippen molar-refractivity contribution in [1.29, 1.82) is 0 Å². The largest absolute Gasteiger partial charge is 0.491 e. The molecule has 1 amide bonds. The number of ether oxygens (including phenoxy) is 1. The van der Waals surface area contributed by atoms with Crippen LogP contribution >= 0.6 is 0 Å². The van der Waals surface area contributed by atoms with E-state index in [4.69, 9.17) is 10.5 Å². The second kappa shape index (κ2) is 6.25. The van der Waals surface area contributed by atoms with Crippen molar-refractivity contribution in [2.45, 2.75) is 26.8 Å². The van der Waals surface area contributed by atoms with E-state index in [1.54, 1.807) is 13.0 Å². The van der Waals surface area contributed by atoms with Crippen molar-refractivity contribution in [2.75, 3.05) is 11.9 Å². The molecule has 0 aromatic heterocycles. The van der Waals surface area contributed by atoms with Gasteiger partial charge in [-0.2, -0.15) is 0 Å². The normalized spacial score (nSPS) is 12.3. The van der Waals surface area contributed by atoms with Gasteiger partial charge in [-0.05, 0) is 25.0 Å². The van der Waals surface area contributed by atoms with Crippen LogP contribution in [0.3, 0.4) is 0 Å². The molecule has 0 radical (unpaired) electrons. The summed E-state index contributed by atoms with van der Waals surface area (Å²) in [5, 5.41) is 2.74. The first-order chi connectivity index (χ1) is 8.00. The maximum atomic E-state index is 11.5. The number of para-hydroxylation sites is 2. The smallest absolute Gasteiger partial charge is 0.241 e. The lowest BCUT2D eigenvalue weighted by molar-refractivity contribution is -0.117. The van der Waals surface area contributed by atoms with Gasteiger partial charge in [-0.1, -0.05) is 26.0 Å². The van der Waals surface area contributed by atoms with E-state index in [0.29, 0.717) is 24.0 Å². The van der Waals surface area contributed by atoms with E-state index in [-0.39, 0.29) is 5.91 Å². The van der Waals surface area contributed by atoms with E-state index in [2.05, 4.69) is 19.2 Å². The highest BCUT2D eigenvalue weighted by Crippen LogP contribution is 2.24. The second-order valence-corrected chi connectivity index (χ2v) is 4.48. The van der Waals surface area contributed by atoms with Gasteiger partial charge in [0.15, 0.2) is 0 Å². The Morgan fingerprint density at radius 1 is 1.35 bits per heavy atom. The van der Waals surface area contributed by atoms with Gasteiger partial charge in [-0.3, -0.25) is 4.79 Å². The fourth-order valence-electron chi connectivity index (χ4n) is 1.20. The zero-order valence-corrected chi connectivity index (χ0v) is 10.6. The predicted octanol–water partition coefficient (Wildman–Crippen LogP) is 2.01. The number of amides is 1. The highest BCUT2D eigenvalue weighted by atomic mass is 16.5. The van der Waals surface area contributed by atoms with E-state index in [1.165, 1.54) is 0 Å². The molecule has 1 aromatic carbocycles. The fourth-order valence-corrected chi connectivity index (χ4v) is 1.20. The molecular weight excluding hydrogens is 216 g/mol. The topological polar surface area (TPSA) is 64.3 Å². The van der Waals surface area contributed by atoms with Crippen molar-refractivity contribution in [1.82, 2.24) is 0 Å². The molecule has 94 valence electrons. The van der Waals surface area contributed by atoms with Crippen LogP contribution in [0.1, 0.15) is 20.8 Å². The van der Waals surface area contributed by atoms with Gasteiger partial charge < -0.3 is 15.8 Å². The SMILES string of the molecule is CC(C)COc1ccccc1NC(=O)[C@H](C)N. The van der Waals surface area contributed by atoms with Gasteiger partial charge in [0, 0.05) is 0 Å². The van der Waals surface area contributed by atoms with E-state index in [0.717, 1.165) is 0 Å². The van der Waals surface area contributed by atoms with Crippen molar-refractivity contribution in [3.05, 3.63) is 24.3 Å². The molecule has 1 aromatic rings. The fraction of sp³-hybridized carbons (Fsp3) is 0.462. The molecule has 1 rings (SSSR count). The molecule has 0 saturated heterocycles. The summed E-state index contributed by atoms with van der Waals surface area (Å²) in [5.74, 6) is 0.896. The first-order valence-corrected chi connectivity index (χ1v) is 5.79. The molecule has 4 heteroatoms. The van der Waals surface area contributed by atoms with Gasteiger partial charge in [0.25, 0.3) is 0 Å². The number of nitrogens with one attached hydrogen (secondary N) is 1. The summed E-state index contributed by atoms with van der Waals surface area (Å²) in [7, 11) is 0. The molecule has 0 saturated carbocycles. The molecule has 0 unspecified atom stereocenters. The molecular formula is C13H20N2O2. The van der Waals surface area contributed by atoms with Gasteiger partial charge in [-0.25, -0.2) is 0 Å². The van der Waals surface area contributed by atoms with Crippen molar-refractivity contribution >= 4 is 11.6 Å². The first-order valence-electron chi connectivity index (χ1n) is 5.79. The van der Waals surface area contributed by atoms with Crippen LogP contribution in [0.25, 0.3) is 0 Å². The molecule has 0 aliphatic rings. The predicted molar refractivity (Wildman–Crippen MR) is 69.1 cm³/mol. The van der Waals surface area contributed by atoms with Gasteiger partial charge in [-0.15, -0.1) is 0 Å². The van der Waals surface area contributed by atoms with Crippen molar-refractivity contribution in [3.8, 4) is 5.75 Å². The van der Waals surface area contributed by atoms with Gasteiger partial charge >= 0.3 is 0 Å². The quantitative estimate of drug-likeness (QED) is 0.822. The number of benzene rings is 1. The average molecular weight is 236 g/mol. The molecule has 0 fully saturated rings. The highest BCUT2D eigenvalue weighted by Gasteiger charge is 2.11. The number of carbonyl (C=O) groups is 1. The number of nitrogens with two attached hydrogens (primary N) is 1. The molecule has 0 aliphatic carbocycles. The molecule has 0 bridgehead atoms. The Labute approximate surface area is 102 Å². The zero-order valence-electron chi connectivity index (χ0n) is 10.6. The third-order valence-corrected chi connectivity index (χ3v) is 2.13. The zero-order chi connectivity index (χ0) is 12.8. The van der Waals surface area contributed by atoms with Crippen LogP contribution in [-0.4, -0.2) is 18.6 Å². The lowest BCUT2D eigenvalue weighted by atomic mass is 10.2. The van der Waals surface area contributed by atoms with Crippen LogP contribution in [0.2, 0.25) is 0 Å². The first kappa shape index (κ1) is 13.5. The standard InChI is InChI=1S/C13H20N2O2/c1-9(2)8-17-12-7-5-4-6-11(12)15-13(16)10(3)14/h4-7,9-10H,8,14H2,1-3H3,(H,15,16)/t10-/m0/s1. The van der Waals surface area contributed by atoms with Crippen molar-refractivity contribution in [3.63, 3.8) is 0 Å². The number of carbonyl (C=O) groups excluding carboxylic acids is 1. The third kappa shape index (κ3) is 4.44. The van der Waals surface area contributed by atoms with Gasteiger partial charge in [0.1, 0.15) is 5.75 Å². The maximum absolute atomic E-state index is 11.5. The van der Waals surface area contributed by atoms with Crippen molar-refractivity contribution in [2.24, 2.45) is 11.7 Å². The van der Waals surface area contributed by atoms with Crippen LogP contribution in [-0.2, 0) is 4.79 Å². The van der Waals surface area contributed by atoms with E-state index in [1.807, 2.05) is 18.2 Å². The van der Waals surface area contributed by atoms with Crippen molar-refractivity contribution < 1.29 is 9.53 Å². The Balaban J connectivity index is 2.74. The minimum atomic E-state index is -0.534. The maximum Gasteiger partial charge on any atom is 0.241 e. The Kier molecular flexibility index (Phi) is 4.97. The minimum absolute atomic E-state index is 0.217. The van der Waals surface area contributed by atoms with Gasteiger partial charge in [0.05, 0.1) is 18.3 Å². The summed E-state index contributed by atoms with van der Waals surface area (Å²) in [5.41, 5.74) is 6.17. The monoisotopic (exact) mass is 236 g/mol. The molecule has 4 nitrogen and oxygen atoms in total. The van der Waals surface area contributed by atoms with E-state index >= 15 is 0 Å². The molecule has 0 aliphatic heterocycles. The molecule has 0 spiro atoms. The molecule has 3 N–H and O–H groups in total. The van der Waals surface area contributed by atoms with Crippen LogP contribution in [0.4, 0.5) is 5.69 Å². The average Bonchev–Trinajstić information content (AvgIpc) is 2.27. The summed E-state index contributed by atoms with van der Waals surface area (Å²) in [4.78, 5) is 11.5.